The molecule has 0 aromatic rings. The van der Waals surface area contributed by atoms with Crippen molar-refractivity contribution in [2.75, 3.05) is 52.5 Å². The highest BCUT2D eigenvalue weighted by Gasteiger charge is 2.41. The Labute approximate surface area is 138 Å². The van der Waals surface area contributed by atoms with E-state index in [0.717, 1.165) is 38.8 Å². The normalized spacial score (nSPS) is 24.8. The Balaban J connectivity index is 1.38. The highest BCUT2D eigenvalue weighted by atomic mass is 32.2. The highest BCUT2D eigenvalue weighted by molar-refractivity contribution is 7.90. The molecule has 0 aromatic heterocycles. The van der Waals surface area contributed by atoms with Gasteiger partial charge in [0.25, 0.3) is 0 Å². The van der Waals surface area contributed by atoms with E-state index < -0.39 is 15.3 Å². The van der Waals surface area contributed by atoms with Crippen LogP contribution in [0.2, 0.25) is 0 Å². The van der Waals surface area contributed by atoms with Crippen molar-refractivity contribution in [2.45, 2.75) is 30.9 Å². The van der Waals surface area contributed by atoms with Crippen molar-refractivity contribution in [1.29, 1.82) is 0 Å². The second-order valence-corrected chi connectivity index (χ2v) is 8.79. The van der Waals surface area contributed by atoms with Crippen LogP contribution >= 0.6 is 0 Å². The molecule has 1 aliphatic carbocycles. The number of morpholine rings is 1. The maximum absolute atomic E-state index is 12.3. The third-order valence-corrected chi connectivity index (χ3v) is 6.92. The van der Waals surface area contributed by atoms with Crippen molar-refractivity contribution in [3.05, 3.63) is 0 Å². The number of amides is 1. The summed E-state index contributed by atoms with van der Waals surface area (Å²) in [7, 11) is -3.32. The molecule has 3 aliphatic rings. The average Bonchev–Trinajstić information content (AvgIpc) is 3.00. The third-order valence-electron chi connectivity index (χ3n) is 5.14. The van der Waals surface area contributed by atoms with Crippen molar-refractivity contribution in [3.8, 4) is 0 Å². The van der Waals surface area contributed by atoms with Gasteiger partial charge in [-0.25, -0.2) is 13.1 Å². The second kappa shape index (κ2) is 7.46. The summed E-state index contributed by atoms with van der Waals surface area (Å²) >= 11 is 0. The van der Waals surface area contributed by atoms with Gasteiger partial charge in [0.05, 0.1) is 13.2 Å². The van der Waals surface area contributed by atoms with E-state index in [1.54, 1.807) is 4.90 Å². The molecule has 3 rings (SSSR count). The number of ether oxygens (including phenoxy) is 1. The maximum Gasteiger partial charge on any atom is 0.225 e. The van der Waals surface area contributed by atoms with Crippen LogP contribution in [0.4, 0.5) is 0 Å². The Morgan fingerprint density at radius 1 is 1.13 bits per heavy atom. The Kier molecular flexibility index (Phi) is 5.56. The molecule has 3 fully saturated rings. The summed E-state index contributed by atoms with van der Waals surface area (Å²) in [5, 5.41) is -0.447. The zero-order valence-corrected chi connectivity index (χ0v) is 14.4. The number of nitrogens with zero attached hydrogens (tertiary/aromatic N) is 2. The molecule has 8 heteroatoms. The lowest BCUT2D eigenvalue weighted by molar-refractivity contribution is -0.138. The van der Waals surface area contributed by atoms with E-state index in [0.29, 0.717) is 39.4 Å². The van der Waals surface area contributed by atoms with Crippen molar-refractivity contribution in [2.24, 2.45) is 5.92 Å². The number of hydrogen-bond donors (Lipinski definition) is 1. The quantitative estimate of drug-likeness (QED) is 0.711. The van der Waals surface area contributed by atoms with Crippen LogP contribution in [-0.2, 0) is 19.6 Å². The largest absolute Gasteiger partial charge is 0.379 e. The van der Waals surface area contributed by atoms with Gasteiger partial charge >= 0.3 is 0 Å². The molecule has 7 nitrogen and oxygen atoms in total. The number of likely N-dealkylation sites (tertiary alicyclic amines) is 1. The fraction of sp³-hybridized carbons (Fsp3) is 0.933. The van der Waals surface area contributed by atoms with E-state index in [9.17, 15) is 13.2 Å². The molecule has 0 aromatic carbocycles. The van der Waals surface area contributed by atoms with Gasteiger partial charge in [-0.05, 0) is 12.8 Å². The van der Waals surface area contributed by atoms with Gasteiger partial charge in [-0.15, -0.1) is 0 Å². The minimum atomic E-state index is -3.32. The first kappa shape index (κ1) is 17.1. The molecule has 1 saturated carbocycles. The van der Waals surface area contributed by atoms with Crippen LogP contribution in [-0.4, -0.2) is 81.9 Å². The summed E-state index contributed by atoms with van der Waals surface area (Å²) in [6.45, 7) is 4.98. The number of carbonyl (C=O) groups excluding carboxylic acids is 1. The van der Waals surface area contributed by atoms with Crippen molar-refractivity contribution in [1.82, 2.24) is 14.5 Å². The molecular weight excluding hydrogens is 318 g/mol. The highest BCUT2D eigenvalue weighted by Crippen LogP contribution is 2.29. The molecular formula is C15H27N3O4S. The van der Waals surface area contributed by atoms with Crippen LogP contribution in [0.25, 0.3) is 0 Å². The van der Waals surface area contributed by atoms with Crippen LogP contribution in [0.15, 0.2) is 0 Å². The summed E-state index contributed by atoms with van der Waals surface area (Å²) < 4.78 is 32.5. The molecule has 23 heavy (non-hydrogen) atoms. The predicted octanol–water partition coefficient (Wildman–Crippen LogP) is -0.361. The first-order chi connectivity index (χ1) is 11.1. The van der Waals surface area contributed by atoms with Crippen molar-refractivity contribution in [3.63, 3.8) is 0 Å². The van der Waals surface area contributed by atoms with Gasteiger partial charge in [-0.2, -0.15) is 0 Å². The van der Waals surface area contributed by atoms with E-state index in [2.05, 4.69) is 9.62 Å². The fourth-order valence-electron chi connectivity index (χ4n) is 3.53. The number of hydrogen-bond acceptors (Lipinski definition) is 5. The SMILES string of the molecule is O=C(C1CCCC1)N1CC(S(=O)(=O)NCCN2CCOCC2)C1. The zero-order valence-electron chi connectivity index (χ0n) is 13.6. The smallest absolute Gasteiger partial charge is 0.225 e. The van der Waals surface area contributed by atoms with E-state index in [1.165, 1.54) is 0 Å². The lowest BCUT2D eigenvalue weighted by Crippen LogP contribution is -2.60. The first-order valence-electron chi connectivity index (χ1n) is 8.63. The van der Waals surface area contributed by atoms with Gasteiger partial charge in [-0.3, -0.25) is 9.69 Å². The Morgan fingerprint density at radius 3 is 2.43 bits per heavy atom. The number of rotatable bonds is 6. The summed E-state index contributed by atoms with van der Waals surface area (Å²) in [6, 6.07) is 0. The van der Waals surface area contributed by atoms with Gasteiger partial charge < -0.3 is 9.64 Å². The van der Waals surface area contributed by atoms with Gasteiger partial charge in [0.15, 0.2) is 0 Å². The molecule has 0 radical (unpaired) electrons. The number of nitrogens with one attached hydrogen (secondary N) is 1. The minimum Gasteiger partial charge on any atom is -0.379 e. The first-order valence-corrected chi connectivity index (χ1v) is 10.2. The lowest BCUT2D eigenvalue weighted by atomic mass is 10.0. The Bertz CT molecular complexity index is 507. The van der Waals surface area contributed by atoms with E-state index in [4.69, 9.17) is 4.74 Å². The standard InChI is InChI=1S/C15H27N3O4S/c19-15(13-3-1-2-4-13)18-11-14(12-18)23(20,21)16-5-6-17-7-9-22-10-8-17/h13-14,16H,1-12H2. The number of sulfonamides is 1. The van der Waals surface area contributed by atoms with Gasteiger partial charge in [-0.1, -0.05) is 12.8 Å². The topological polar surface area (TPSA) is 79.0 Å². The molecule has 2 aliphatic heterocycles. The van der Waals surface area contributed by atoms with Crippen LogP contribution in [0.3, 0.4) is 0 Å². The van der Waals surface area contributed by atoms with Crippen LogP contribution in [0.1, 0.15) is 25.7 Å². The monoisotopic (exact) mass is 345 g/mol. The molecule has 0 unspecified atom stereocenters. The van der Waals surface area contributed by atoms with E-state index in [1.807, 2.05) is 0 Å². The predicted molar refractivity (Wildman–Crippen MR) is 86.5 cm³/mol. The molecule has 1 N–H and O–H groups in total. The van der Waals surface area contributed by atoms with E-state index >= 15 is 0 Å². The second-order valence-electron chi connectivity index (χ2n) is 6.74. The minimum absolute atomic E-state index is 0.132. The molecule has 1 amide bonds. The zero-order chi connectivity index (χ0) is 16.3. The summed E-state index contributed by atoms with van der Waals surface area (Å²) in [6.07, 6.45) is 4.17. The molecule has 0 bridgehead atoms. The van der Waals surface area contributed by atoms with E-state index in [-0.39, 0.29) is 11.8 Å². The van der Waals surface area contributed by atoms with Gasteiger partial charge in [0.2, 0.25) is 15.9 Å². The molecule has 0 spiro atoms. The average molecular weight is 345 g/mol. The Morgan fingerprint density at radius 2 is 1.78 bits per heavy atom. The fourth-order valence-corrected chi connectivity index (χ4v) is 4.90. The van der Waals surface area contributed by atoms with Crippen LogP contribution < -0.4 is 4.72 Å². The lowest BCUT2D eigenvalue weighted by Gasteiger charge is -2.40. The number of carbonyl (C=O) groups is 1. The summed E-state index contributed by atoms with van der Waals surface area (Å²) in [5.74, 6) is 0.287. The van der Waals surface area contributed by atoms with Gasteiger partial charge in [0, 0.05) is 45.2 Å². The summed E-state index contributed by atoms with van der Waals surface area (Å²) in [4.78, 5) is 16.1. The molecule has 2 heterocycles. The Hall–Kier alpha value is -0.700. The summed E-state index contributed by atoms with van der Waals surface area (Å²) in [5.41, 5.74) is 0. The van der Waals surface area contributed by atoms with Crippen LogP contribution in [0, 0.1) is 5.92 Å². The maximum atomic E-state index is 12.3. The third kappa shape index (κ3) is 4.23. The van der Waals surface area contributed by atoms with Gasteiger partial charge in [0.1, 0.15) is 5.25 Å². The molecule has 0 atom stereocenters. The van der Waals surface area contributed by atoms with Crippen LogP contribution in [0.5, 0.6) is 0 Å². The molecule has 132 valence electrons. The van der Waals surface area contributed by atoms with Crippen molar-refractivity contribution >= 4 is 15.9 Å². The molecule has 2 saturated heterocycles. The van der Waals surface area contributed by atoms with Crippen molar-refractivity contribution < 1.29 is 17.9 Å².